The van der Waals surface area contributed by atoms with Crippen LogP contribution in [0.1, 0.15) is 19.8 Å². The number of nitrogens with zero attached hydrogens (tertiary/aromatic N) is 1. The van der Waals surface area contributed by atoms with E-state index in [9.17, 15) is 0 Å². The first kappa shape index (κ1) is 16.1. The highest BCUT2D eigenvalue weighted by molar-refractivity contribution is 14.0. The third-order valence-corrected chi connectivity index (χ3v) is 2.78. The topological polar surface area (TPSA) is 45.7 Å². The Morgan fingerprint density at radius 3 is 2.63 bits per heavy atom. The van der Waals surface area contributed by atoms with Gasteiger partial charge in [0.15, 0.2) is 5.96 Å². The van der Waals surface area contributed by atoms with Crippen molar-refractivity contribution >= 4 is 29.9 Å². The third-order valence-electron chi connectivity index (χ3n) is 2.78. The Morgan fingerprint density at radius 2 is 2.05 bits per heavy atom. The maximum absolute atomic E-state index is 5.78. The van der Waals surface area contributed by atoms with Gasteiger partial charge in [0.05, 0.1) is 6.54 Å². The second-order valence-electron chi connectivity index (χ2n) is 4.61. The van der Waals surface area contributed by atoms with Crippen LogP contribution in [0.5, 0.6) is 5.75 Å². The van der Waals surface area contributed by atoms with Crippen LogP contribution in [0.2, 0.25) is 0 Å². The summed E-state index contributed by atoms with van der Waals surface area (Å²) in [6, 6.07) is 10.5. The molecule has 0 spiro atoms. The fraction of sp³-hybridized carbons (Fsp3) is 0.500. The van der Waals surface area contributed by atoms with E-state index in [2.05, 4.69) is 15.6 Å². The number of rotatable bonds is 5. The van der Waals surface area contributed by atoms with E-state index in [4.69, 9.17) is 4.74 Å². The lowest BCUT2D eigenvalue weighted by molar-refractivity contribution is 0.224. The van der Waals surface area contributed by atoms with E-state index in [-0.39, 0.29) is 30.1 Å². The van der Waals surface area contributed by atoms with Gasteiger partial charge in [-0.1, -0.05) is 18.2 Å². The molecule has 1 aromatic carbocycles. The van der Waals surface area contributed by atoms with Crippen molar-refractivity contribution in [2.45, 2.75) is 31.9 Å². The standard InChI is InChI=1S/C14H21N3O.HI/c1-11(18-13-6-4-3-5-7-13)10-16-14(15-2)17-12-8-9-12;/h3-7,11-12H,8-10H2,1-2H3,(H2,15,16,17);1H. The molecule has 1 unspecified atom stereocenters. The van der Waals surface area contributed by atoms with E-state index in [0.29, 0.717) is 6.04 Å². The number of guanidine groups is 1. The van der Waals surface area contributed by atoms with Crippen molar-refractivity contribution in [3.8, 4) is 5.75 Å². The Hall–Kier alpha value is -0.980. The zero-order valence-electron chi connectivity index (χ0n) is 11.4. The number of benzene rings is 1. The Labute approximate surface area is 132 Å². The van der Waals surface area contributed by atoms with Gasteiger partial charge in [0.1, 0.15) is 11.9 Å². The van der Waals surface area contributed by atoms with E-state index in [1.807, 2.05) is 37.3 Å². The maximum atomic E-state index is 5.78. The van der Waals surface area contributed by atoms with Crippen molar-refractivity contribution in [1.29, 1.82) is 0 Å². The molecule has 0 radical (unpaired) electrons. The smallest absolute Gasteiger partial charge is 0.191 e. The lowest BCUT2D eigenvalue weighted by Gasteiger charge is -2.17. The van der Waals surface area contributed by atoms with Crippen molar-refractivity contribution in [2.24, 2.45) is 4.99 Å². The number of ether oxygens (including phenoxy) is 1. The monoisotopic (exact) mass is 375 g/mol. The Bertz CT molecular complexity index is 393. The van der Waals surface area contributed by atoms with Gasteiger partial charge in [-0.2, -0.15) is 0 Å². The molecule has 5 heteroatoms. The SMILES string of the molecule is CN=C(NCC(C)Oc1ccccc1)NC1CC1.I. The van der Waals surface area contributed by atoms with Gasteiger partial charge in [0.2, 0.25) is 0 Å². The lowest BCUT2D eigenvalue weighted by atomic mass is 10.3. The molecule has 1 saturated carbocycles. The van der Waals surface area contributed by atoms with Crippen LogP contribution in [-0.4, -0.2) is 31.7 Å². The molecule has 1 aliphatic rings. The number of halogens is 1. The average Bonchev–Trinajstić information content (AvgIpc) is 3.19. The average molecular weight is 375 g/mol. The minimum Gasteiger partial charge on any atom is -0.489 e. The Balaban J connectivity index is 0.00000180. The van der Waals surface area contributed by atoms with Crippen LogP contribution in [0.3, 0.4) is 0 Å². The van der Waals surface area contributed by atoms with E-state index in [1.54, 1.807) is 7.05 Å². The first-order chi connectivity index (χ1) is 8.78. The highest BCUT2D eigenvalue weighted by atomic mass is 127. The van der Waals surface area contributed by atoms with Gasteiger partial charge in [-0.25, -0.2) is 0 Å². The minimum absolute atomic E-state index is 0. The molecule has 1 fully saturated rings. The molecule has 0 aliphatic heterocycles. The summed E-state index contributed by atoms with van der Waals surface area (Å²) in [5, 5.41) is 6.62. The van der Waals surface area contributed by atoms with Crippen LogP contribution in [0, 0.1) is 0 Å². The third kappa shape index (κ3) is 6.13. The van der Waals surface area contributed by atoms with Crippen molar-refractivity contribution in [1.82, 2.24) is 10.6 Å². The molecule has 0 heterocycles. The van der Waals surface area contributed by atoms with Gasteiger partial charge >= 0.3 is 0 Å². The number of para-hydroxylation sites is 1. The summed E-state index contributed by atoms with van der Waals surface area (Å²) in [5.41, 5.74) is 0. The zero-order valence-corrected chi connectivity index (χ0v) is 13.8. The highest BCUT2D eigenvalue weighted by Crippen LogP contribution is 2.18. The summed E-state index contributed by atoms with van der Waals surface area (Å²) in [6.45, 7) is 2.78. The molecule has 1 aliphatic carbocycles. The van der Waals surface area contributed by atoms with Crippen LogP contribution >= 0.6 is 24.0 Å². The molecule has 2 rings (SSSR count). The van der Waals surface area contributed by atoms with Crippen LogP contribution < -0.4 is 15.4 Å². The predicted octanol–water partition coefficient (Wildman–Crippen LogP) is 2.40. The second-order valence-corrected chi connectivity index (χ2v) is 4.61. The normalized spacial score (nSPS) is 16.2. The molecule has 4 nitrogen and oxygen atoms in total. The molecular formula is C14H22IN3O. The summed E-state index contributed by atoms with van der Waals surface area (Å²) in [6.07, 6.45) is 2.60. The van der Waals surface area contributed by atoms with Crippen LogP contribution in [0.25, 0.3) is 0 Å². The molecule has 106 valence electrons. The van der Waals surface area contributed by atoms with E-state index in [0.717, 1.165) is 18.3 Å². The van der Waals surface area contributed by atoms with Gasteiger partial charge < -0.3 is 15.4 Å². The highest BCUT2D eigenvalue weighted by Gasteiger charge is 2.22. The molecule has 0 amide bonds. The van der Waals surface area contributed by atoms with E-state index >= 15 is 0 Å². The summed E-state index contributed by atoms with van der Waals surface area (Å²) >= 11 is 0. The molecule has 19 heavy (non-hydrogen) atoms. The molecule has 0 saturated heterocycles. The molecular weight excluding hydrogens is 353 g/mol. The summed E-state index contributed by atoms with van der Waals surface area (Å²) < 4.78 is 5.78. The number of hydrogen-bond acceptors (Lipinski definition) is 2. The minimum atomic E-state index is 0. The first-order valence-electron chi connectivity index (χ1n) is 6.47. The fourth-order valence-corrected chi connectivity index (χ4v) is 1.63. The maximum Gasteiger partial charge on any atom is 0.191 e. The Morgan fingerprint density at radius 1 is 1.37 bits per heavy atom. The van der Waals surface area contributed by atoms with Crippen molar-refractivity contribution < 1.29 is 4.74 Å². The van der Waals surface area contributed by atoms with Crippen LogP contribution in [0.15, 0.2) is 35.3 Å². The van der Waals surface area contributed by atoms with Crippen molar-refractivity contribution in [2.75, 3.05) is 13.6 Å². The number of nitrogens with one attached hydrogen (secondary N) is 2. The van der Waals surface area contributed by atoms with E-state index < -0.39 is 0 Å². The van der Waals surface area contributed by atoms with Gasteiger partial charge in [-0.15, -0.1) is 24.0 Å². The lowest BCUT2D eigenvalue weighted by Crippen LogP contribution is -2.42. The largest absolute Gasteiger partial charge is 0.489 e. The molecule has 1 atom stereocenters. The van der Waals surface area contributed by atoms with Gasteiger partial charge in [-0.3, -0.25) is 4.99 Å². The van der Waals surface area contributed by atoms with Gasteiger partial charge in [-0.05, 0) is 31.9 Å². The van der Waals surface area contributed by atoms with Crippen molar-refractivity contribution in [3.63, 3.8) is 0 Å². The summed E-state index contributed by atoms with van der Waals surface area (Å²) in [5.74, 6) is 1.76. The molecule has 0 aromatic heterocycles. The number of aliphatic imine (C=N–C) groups is 1. The second kappa shape index (κ2) is 8.24. The summed E-state index contributed by atoms with van der Waals surface area (Å²) in [4.78, 5) is 4.19. The zero-order chi connectivity index (χ0) is 12.8. The van der Waals surface area contributed by atoms with E-state index in [1.165, 1.54) is 12.8 Å². The van der Waals surface area contributed by atoms with Crippen LogP contribution in [-0.2, 0) is 0 Å². The molecule has 2 N–H and O–H groups in total. The quantitative estimate of drug-likeness (QED) is 0.472. The van der Waals surface area contributed by atoms with Gasteiger partial charge in [0, 0.05) is 13.1 Å². The fourth-order valence-electron chi connectivity index (χ4n) is 1.63. The first-order valence-corrected chi connectivity index (χ1v) is 6.47. The predicted molar refractivity (Wildman–Crippen MR) is 89.5 cm³/mol. The number of hydrogen-bond donors (Lipinski definition) is 2. The molecule has 1 aromatic rings. The molecule has 0 bridgehead atoms. The summed E-state index contributed by atoms with van der Waals surface area (Å²) in [7, 11) is 1.79. The van der Waals surface area contributed by atoms with Gasteiger partial charge in [0.25, 0.3) is 0 Å². The van der Waals surface area contributed by atoms with Crippen LogP contribution in [0.4, 0.5) is 0 Å². The van der Waals surface area contributed by atoms with Crippen molar-refractivity contribution in [3.05, 3.63) is 30.3 Å². The Kier molecular flexibility index (Phi) is 6.97.